The Morgan fingerprint density at radius 1 is 1.38 bits per heavy atom. The molecule has 1 atom stereocenters. The minimum atomic E-state index is -0.342. The van der Waals surface area contributed by atoms with Crippen LogP contribution in [0.25, 0.3) is 0 Å². The molecule has 0 fully saturated rings. The Morgan fingerprint density at radius 3 is 2.46 bits per heavy atom. The molecule has 4 heteroatoms. The van der Waals surface area contributed by atoms with E-state index in [0.29, 0.717) is 13.0 Å². The van der Waals surface area contributed by atoms with Gasteiger partial charge in [-0.3, -0.25) is 9.18 Å². The molecule has 0 spiro atoms. The summed E-state index contributed by atoms with van der Waals surface area (Å²) in [5.74, 6) is -0.0335. The zero-order valence-corrected chi connectivity index (χ0v) is 8.56. The van der Waals surface area contributed by atoms with Gasteiger partial charge in [0.1, 0.15) is 0 Å². The topological polar surface area (TPSA) is 41.1 Å². The molecule has 0 radical (unpaired) electrons. The highest BCUT2D eigenvalue weighted by Crippen LogP contribution is 1.86. The van der Waals surface area contributed by atoms with E-state index in [2.05, 4.69) is 10.6 Å². The Bertz CT molecular complexity index is 151. The van der Waals surface area contributed by atoms with E-state index in [1.807, 2.05) is 13.8 Å². The smallest absolute Gasteiger partial charge is 0.237 e. The first-order chi connectivity index (χ1) is 6.07. The van der Waals surface area contributed by atoms with Crippen molar-refractivity contribution in [1.29, 1.82) is 0 Å². The Hall–Kier alpha value is -0.640. The van der Waals surface area contributed by atoms with E-state index in [0.717, 1.165) is 0 Å². The molecular formula is C9H19FN2O. The minimum absolute atomic E-state index is 0.0335. The van der Waals surface area contributed by atoms with Gasteiger partial charge in [0.2, 0.25) is 5.91 Å². The number of amides is 1. The fraction of sp³-hybridized carbons (Fsp3) is 0.889. The van der Waals surface area contributed by atoms with Crippen molar-refractivity contribution in [2.45, 2.75) is 39.3 Å². The lowest BCUT2D eigenvalue weighted by molar-refractivity contribution is -0.123. The molecule has 0 aromatic carbocycles. The summed E-state index contributed by atoms with van der Waals surface area (Å²) in [6.07, 6.45) is 0.458. The highest BCUT2D eigenvalue weighted by Gasteiger charge is 2.11. The molecular weight excluding hydrogens is 171 g/mol. The highest BCUT2D eigenvalue weighted by atomic mass is 19.1. The number of halogens is 1. The second kappa shape index (κ2) is 6.83. The van der Waals surface area contributed by atoms with Crippen molar-refractivity contribution in [3.8, 4) is 0 Å². The standard InChI is InChI=1S/C9H19FN2O/c1-7(2)12-9(13)8(3)11-6-4-5-10/h7-8,11H,4-6H2,1-3H3,(H,12,13). The molecule has 1 unspecified atom stereocenters. The summed E-state index contributed by atoms with van der Waals surface area (Å²) >= 11 is 0. The summed E-state index contributed by atoms with van der Waals surface area (Å²) in [5, 5.41) is 5.71. The number of hydrogen-bond acceptors (Lipinski definition) is 2. The van der Waals surface area contributed by atoms with E-state index >= 15 is 0 Å². The largest absolute Gasteiger partial charge is 0.353 e. The number of carbonyl (C=O) groups is 1. The predicted octanol–water partition coefficient (Wildman–Crippen LogP) is 0.849. The molecule has 0 saturated carbocycles. The predicted molar refractivity (Wildman–Crippen MR) is 51.3 cm³/mol. The molecule has 0 aliphatic carbocycles. The molecule has 78 valence electrons. The van der Waals surface area contributed by atoms with E-state index in [1.165, 1.54) is 0 Å². The Labute approximate surface area is 79.1 Å². The van der Waals surface area contributed by atoms with Gasteiger partial charge in [0.05, 0.1) is 12.7 Å². The van der Waals surface area contributed by atoms with Crippen LogP contribution in [-0.4, -0.2) is 31.2 Å². The number of rotatable bonds is 6. The average molecular weight is 190 g/mol. The Kier molecular flexibility index (Phi) is 6.49. The lowest BCUT2D eigenvalue weighted by atomic mass is 10.2. The van der Waals surface area contributed by atoms with Crippen LogP contribution in [0.3, 0.4) is 0 Å². The molecule has 0 heterocycles. The SMILES string of the molecule is CC(C)NC(=O)C(C)NCCCF. The maximum atomic E-state index is 11.7. The van der Waals surface area contributed by atoms with Crippen molar-refractivity contribution in [3.63, 3.8) is 0 Å². The van der Waals surface area contributed by atoms with Crippen LogP contribution in [0.4, 0.5) is 4.39 Å². The molecule has 3 nitrogen and oxygen atoms in total. The van der Waals surface area contributed by atoms with Crippen LogP contribution in [0.5, 0.6) is 0 Å². The van der Waals surface area contributed by atoms with Gasteiger partial charge in [-0.05, 0) is 33.7 Å². The van der Waals surface area contributed by atoms with Gasteiger partial charge in [-0.15, -0.1) is 0 Å². The molecule has 1 amide bonds. The number of nitrogens with one attached hydrogen (secondary N) is 2. The third-order valence-corrected chi connectivity index (χ3v) is 1.59. The maximum absolute atomic E-state index is 11.7. The van der Waals surface area contributed by atoms with Crippen LogP contribution in [0, 0.1) is 0 Å². The zero-order valence-electron chi connectivity index (χ0n) is 8.56. The molecule has 0 aliphatic rings. The molecule has 0 aromatic heterocycles. The third kappa shape index (κ3) is 6.51. The first-order valence-electron chi connectivity index (χ1n) is 4.67. The second-order valence-corrected chi connectivity index (χ2v) is 3.38. The Balaban J connectivity index is 3.57. The van der Waals surface area contributed by atoms with Crippen LogP contribution < -0.4 is 10.6 Å². The van der Waals surface area contributed by atoms with Gasteiger partial charge in [-0.1, -0.05) is 0 Å². The van der Waals surface area contributed by atoms with E-state index in [1.54, 1.807) is 6.92 Å². The average Bonchev–Trinajstić information content (AvgIpc) is 2.03. The fourth-order valence-corrected chi connectivity index (χ4v) is 0.888. The van der Waals surface area contributed by atoms with Crippen LogP contribution in [-0.2, 0) is 4.79 Å². The highest BCUT2D eigenvalue weighted by molar-refractivity contribution is 5.81. The molecule has 0 rings (SSSR count). The normalized spacial score (nSPS) is 13.0. The van der Waals surface area contributed by atoms with E-state index in [-0.39, 0.29) is 24.7 Å². The summed E-state index contributed by atoms with van der Waals surface area (Å²) < 4.78 is 11.7. The van der Waals surface area contributed by atoms with Crippen molar-refractivity contribution in [1.82, 2.24) is 10.6 Å². The van der Waals surface area contributed by atoms with Crippen molar-refractivity contribution < 1.29 is 9.18 Å². The number of hydrogen-bond donors (Lipinski definition) is 2. The van der Waals surface area contributed by atoms with E-state index in [4.69, 9.17) is 0 Å². The first-order valence-corrected chi connectivity index (χ1v) is 4.67. The quantitative estimate of drug-likeness (QED) is 0.610. The summed E-state index contributed by atoms with van der Waals surface area (Å²) in [7, 11) is 0. The molecule has 13 heavy (non-hydrogen) atoms. The summed E-state index contributed by atoms with van der Waals surface area (Å²) in [6.45, 7) is 5.79. The van der Waals surface area contributed by atoms with Crippen LogP contribution in [0.2, 0.25) is 0 Å². The monoisotopic (exact) mass is 190 g/mol. The van der Waals surface area contributed by atoms with Gasteiger partial charge >= 0.3 is 0 Å². The van der Waals surface area contributed by atoms with Crippen molar-refractivity contribution >= 4 is 5.91 Å². The molecule has 0 aliphatic heterocycles. The van der Waals surface area contributed by atoms with E-state index < -0.39 is 0 Å². The first kappa shape index (κ1) is 12.4. The third-order valence-electron chi connectivity index (χ3n) is 1.59. The van der Waals surface area contributed by atoms with Gasteiger partial charge in [0, 0.05) is 6.04 Å². The number of alkyl halides is 1. The lowest BCUT2D eigenvalue weighted by Gasteiger charge is -2.15. The molecule has 0 bridgehead atoms. The van der Waals surface area contributed by atoms with Gasteiger partial charge < -0.3 is 10.6 Å². The van der Waals surface area contributed by atoms with Crippen LogP contribution in [0.1, 0.15) is 27.2 Å². The summed E-state index contributed by atoms with van der Waals surface area (Å²) in [4.78, 5) is 11.3. The lowest BCUT2D eigenvalue weighted by Crippen LogP contribution is -2.44. The van der Waals surface area contributed by atoms with Crippen molar-refractivity contribution in [2.75, 3.05) is 13.2 Å². The van der Waals surface area contributed by atoms with Gasteiger partial charge in [0.15, 0.2) is 0 Å². The van der Waals surface area contributed by atoms with Crippen molar-refractivity contribution in [3.05, 3.63) is 0 Å². The molecule has 0 saturated heterocycles. The zero-order chi connectivity index (χ0) is 10.3. The van der Waals surface area contributed by atoms with Gasteiger partial charge in [-0.2, -0.15) is 0 Å². The summed E-state index contributed by atoms with van der Waals surface area (Å²) in [5.41, 5.74) is 0. The Morgan fingerprint density at radius 2 is 2.00 bits per heavy atom. The summed E-state index contributed by atoms with van der Waals surface area (Å²) in [6, 6.07) is -0.0909. The van der Waals surface area contributed by atoms with Crippen molar-refractivity contribution in [2.24, 2.45) is 0 Å². The van der Waals surface area contributed by atoms with Crippen LogP contribution in [0.15, 0.2) is 0 Å². The maximum Gasteiger partial charge on any atom is 0.237 e. The fourth-order valence-electron chi connectivity index (χ4n) is 0.888. The number of carbonyl (C=O) groups excluding carboxylic acids is 1. The molecule has 2 N–H and O–H groups in total. The second-order valence-electron chi connectivity index (χ2n) is 3.38. The van der Waals surface area contributed by atoms with Gasteiger partial charge in [-0.25, -0.2) is 0 Å². The van der Waals surface area contributed by atoms with Crippen LogP contribution >= 0.6 is 0 Å². The molecule has 0 aromatic rings. The van der Waals surface area contributed by atoms with Gasteiger partial charge in [0.25, 0.3) is 0 Å². The van der Waals surface area contributed by atoms with E-state index in [9.17, 15) is 9.18 Å². The minimum Gasteiger partial charge on any atom is -0.353 e.